The fourth-order valence-corrected chi connectivity index (χ4v) is 5.08. The molecule has 0 radical (unpaired) electrons. The predicted octanol–water partition coefficient (Wildman–Crippen LogP) is 4.03. The third kappa shape index (κ3) is 7.17. The molecule has 190 valence electrons. The number of aromatic nitrogens is 2. The van der Waals surface area contributed by atoms with E-state index in [1.807, 2.05) is 6.92 Å². The molecule has 3 rings (SSSR count). The molecule has 10 heteroatoms. The first-order valence-corrected chi connectivity index (χ1v) is 12.5. The van der Waals surface area contributed by atoms with E-state index in [4.69, 9.17) is 15.6 Å². The van der Waals surface area contributed by atoms with Crippen LogP contribution in [0.3, 0.4) is 0 Å². The highest BCUT2D eigenvalue weighted by Crippen LogP contribution is 2.25. The van der Waals surface area contributed by atoms with Crippen LogP contribution in [0.2, 0.25) is 0 Å². The molecule has 2 atom stereocenters. The van der Waals surface area contributed by atoms with Crippen molar-refractivity contribution in [1.82, 2.24) is 15.3 Å². The molecular weight excluding hydrogens is 481 g/mol. The van der Waals surface area contributed by atoms with Gasteiger partial charge in [-0.25, -0.2) is 9.37 Å². The van der Waals surface area contributed by atoms with Gasteiger partial charge in [-0.15, -0.1) is 0 Å². The summed E-state index contributed by atoms with van der Waals surface area (Å²) in [6.45, 7) is 5.70. The summed E-state index contributed by atoms with van der Waals surface area (Å²) >= 11 is -1.29. The van der Waals surface area contributed by atoms with Gasteiger partial charge in [0.2, 0.25) is 11.8 Å². The molecule has 0 aliphatic carbocycles. The molecule has 8 nitrogen and oxygen atoms in total. The first kappa shape index (κ1) is 27.4. The van der Waals surface area contributed by atoms with Gasteiger partial charge in [0.25, 0.3) is 0 Å². The van der Waals surface area contributed by atoms with Crippen LogP contribution in [0.1, 0.15) is 44.0 Å². The summed E-state index contributed by atoms with van der Waals surface area (Å²) in [5.74, 6) is -1.56. The number of nitrogens with one attached hydrogen (secondary N) is 3. The zero-order chi connectivity index (χ0) is 26.5. The van der Waals surface area contributed by atoms with Gasteiger partial charge >= 0.3 is 0 Å². The summed E-state index contributed by atoms with van der Waals surface area (Å²) in [6, 6.07) is 11.4. The van der Waals surface area contributed by atoms with Crippen LogP contribution in [-0.4, -0.2) is 49.3 Å². The van der Waals surface area contributed by atoms with E-state index in [1.54, 1.807) is 51.2 Å². The number of rotatable bonds is 9. The second-order valence-electron chi connectivity index (χ2n) is 9.04. The Bertz CT molecular complexity index is 1230. The van der Waals surface area contributed by atoms with Gasteiger partial charge in [0, 0.05) is 18.5 Å². The lowest BCUT2D eigenvalue weighted by atomic mass is 10.0. The third-order valence-electron chi connectivity index (χ3n) is 5.27. The van der Waals surface area contributed by atoms with Crippen LogP contribution in [0.5, 0.6) is 0 Å². The summed E-state index contributed by atoms with van der Waals surface area (Å²) in [5.41, 5.74) is 0.977. The Labute approximate surface area is 213 Å². The Morgan fingerprint density at radius 1 is 1.17 bits per heavy atom. The number of benzene rings is 2. The molecule has 2 aromatic carbocycles. The average molecular weight is 512 g/mol. The average Bonchev–Trinajstić information content (AvgIpc) is 2.83. The van der Waals surface area contributed by atoms with E-state index in [2.05, 4.69) is 15.3 Å². The fourth-order valence-electron chi connectivity index (χ4n) is 3.65. The molecule has 2 unspecified atom stereocenters. The standard InChI is InChI=1S/C26H30FN5O3S/c1-16(12-26(2,3)33)36(34)19-8-6-18(7-9-19)22-14-31-15-23(32-22)25(29)35-24(28)20-10-5-17(13-30-4)11-21(20)27/h5-11,14-16,28-30,33H,12-13H2,1-4H3. The predicted molar refractivity (Wildman–Crippen MR) is 138 cm³/mol. The Kier molecular flexibility index (Phi) is 8.91. The minimum Gasteiger partial charge on any atom is -0.611 e. The normalized spacial score (nSPS) is 13.2. The monoisotopic (exact) mass is 511 g/mol. The summed E-state index contributed by atoms with van der Waals surface area (Å²) in [4.78, 5) is 9.14. The highest BCUT2D eigenvalue weighted by atomic mass is 32.2. The second kappa shape index (κ2) is 11.7. The minimum absolute atomic E-state index is 0.0638. The maximum Gasteiger partial charge on any atom is 0.241 e. The maximum atomic E-state index is 14.4. The maximum absolute atomic E-state index is 14.4. The van der Waals surface area contributed by atoms with Gasteiger partial charge in [0.15, 0.2) is 4.90 Å². The molecule has 0 saturated carbocycles. The summed E-state index contributed by atoms with van der Waals surface area (Å²) < 4.78 is 32.4. The molecule has 0 aliphatic rings. The zero-order valence-corrected chi connectivity index (χ0v) is 21.4. The molecule has 0 spiro atoms. The zero-order valence-electron chi connectivity index (χ0n) is 20.6. The van der Waals surface area contributed by atoms with Crippen LogP contribution in [0.25, 0.3) is 11.3 Å². The number of aliphatic hydroxyl groups is 1. The van der Waals surface area contributed by atoms with E-state index in [0.717, 1.165) is 5.56 Å². The number of hydrogen-bond acceptors (Lipinski definition) is 8. The van der Waals surface area contributed by atoms with Crippen molar-refractivity contribution in [2.75, 3.05) is 7.05 Å². The van der Waals surface area contributed by atoms with Crippen molar-refractivity contribution in [2.24, 2.45) is 0 Å². The first-order valence-electron chi connectivity index (χ1n) is 11.3. The van der Waals surface area contributed by atoms with E-state index >= 15 is 0 Å². The second-order valence-corrected chi connectivity index (χ2v) is 10.9. The smallest absolute Gasteiger partial charge is 0.241 e. The van der Waals surface area contributed by atoms with Crippen molar-refractivity contribution >= 4 is 23.0 Å². The van der Waals surface area contributed by atoms with Crippen LogP contribution in [-0.2, 0) is 22.5 Å². The van der Waals surface area contributed by atoms with Crippen molar-refractivity contribution in [3.8, 4) is 11.3 Å². The molecule has 0 aliphatic heterocycles. The van der Waals surface area contributed by atoms with E-state index in [0.29, 0.717) is 29.1 Å². The molecule has 0 saturated heterocycles. The Morgan fingerprint density at radius 2 is 1.86 bits per heavy atom. The lowest BCUT2D eigenvalue weighted by molar-refractivity contribution is 0.0711. The molecule has 1 heterocycles. The third-order valence-corrected chi connectivity index (χ3v) is 6.90. The highest BCUT2D eigenvalue weighted by Gasteiger charge is 2.27. The number of ether oxygens (including phenoxy) is 1. The molecule has 0 fully saturated rings. The quantitative estimate of drug-likeness (QED) is 0.194. The molecule has 0 bridgehead atoms. The summed E-state index contributed by atoms with van der Waals surface area (Å²) in [7, 11) is 1.75. The Hall–Kier alpha value is -3.18. The highest BCUT2D eigenvalue weighted by molar-refractivity contribution is 7.92. The van der Waals surface area contributed by atoms with Crippen LogP contribution in [0, 0.1) is 16.6 Å². The summed E-state index contributed by atoms with van der Waals surface area (Å²) in [6.07, 6.45) is 3.24. The van der Waals surface area contributed by atoms with Crippen LogP contribution < -0.4 is 5.32 Å². The molecule has 4 N–H and O–H groups in total. The SMILES string of the molecule is CNCc1ccc(C(=N)OC(=N)c2cncc(-c3ccc([S+]([O-])C(C)CC(C)(C)O)cc3)n2)c(F)c1. The molecule has 36 heavy (non-hydrogen) atoms. The van der Waals surface area contributed by atoms with Crippen molar-refractivity contribution in [3.05, 3.63) is 77.5 Å². The van der Waals surface area contributed by atoms with Gasteiger partial charge < -0.3 is 19.7 Å². The van der Waals surface area contributed by atoms with Crippen molar-refractivity contribution in [2.45, 2.75) is 49.5 Å². The van der Waals surface area contributed by atoms with E-state index in [1.165, 1.54) is 24.5 Å². The molecule has 1 aromatic heterocycles. The van der Waals surface area contributed by atoms with E-state index < -0.39 is 34.4 Å². The Balaban J connectivity index is 1.71. The largest absolute Gasteiger partial charge is 0.611 e. The fraction of sp³-hybridized carbons (Fsp3) is 0.308. The lowest BCUT2D eigenvalue weighted by Crippen LogP contribution is -2.29. The van der Waals surface area contributed by atoms with Crippen LogP contribution in [0.4, 0.5) is 4.39 Å². The van der Waals surface area contributed by atoms with Gasteiger partial charge in [0.1, 0.15) is 16.8 Å². The van der Waals surface area contributed by atoms with Gasteiger partial charge in [-0.3, -0.25) is 15.8 Å². The number of hydrogen-bond donors (Lipinski definition) is 4. The van der Waals surface area contributed by atoms with Crippen molar-refractivity contribution in [1.29, 1.82) is 10.8 Å². The van der Waals surface area contributed by atoms with E-state index in [9.17, 15) is 14.0 Å². The number of nitrogens with zero attached hydrogens (tertiary/aromatic N) is 2. The summed E-state index contributed by atoms with van der Waals surface area (Å²) in [5, 5.41) is 29.0. The topological polar surface area (TPSA) is 138 Å². The number of halogens is 1. The van der Waals surface area contributed by atoms with Gasteiger partial charge in [-0.2, -0.15) is 0 Å². The molecule has 3 aromatic rings. The minimum atomic E-state index is -1.29. The van der Waals surface area contributed by atoms with Crippen molar-refractivity contribution < 1.29 is 18.8 Å². The van der Waals surface area contributed by atoms with Gasteiger partial charge in [0.05, 0.1) is 29.3 Å². The van der Waals surface area contributed by atoms with Crippen LogP contribution >= 0.6 is 0 Å². The van der Waals surface area contributed by atoms with Gasteiger partial charge in [-0.05, 0) is 81.0 Å². The van der Waals surface area contributed by atoms with E-state index in [-0.39, 0.29) is 16.5 Å². The molecule has 0 amide bonds. The lowest BCUT2D eigenvalue weighted by Gasteiger charge is -2.24. The van der Waals surface area contributed by atoms with Crippen LogP contribution in [0.15, 0.2) is 59.8 Å². The molecular formula is C26H30FN5O3S. The first-order chi connectivity index (χ1) is 17.0. The van der Waals surface area contributed by atoms with Gasteiger partial charge in [-0.1, -0.05) is 6.07 Å². The Morgan fingerprint density at radius 3 is 2.47 bits per heavy atom. The van der Waals surface area contributed by atoms with Crippen molar-refractivity contribution in [3.63, 3.8) is 0 Å².